The summed E-state index contributed by atoms with van der Waals surface area (Å²) in [5.74, 6) is -0.920. The number of hydrogen-bond donors (Lipinski definition) is 0. The predicted molar refractivity (Wildman–Crippen MR) is 201 cm³/mol. The average molecular weight is 681 g/mol. The van der Waals surface area contributed by atoms with Gasteiger partial charge >= 0.3 is 17.9 Å². The molecule has 0 fully saturated rings. The van der Waals surface area contributed by atoms with Crippen LogP contribution in [0.15, 0.2) is 0 Å². The summed E-state index contributed by atoms with van der Waals surface area (Å²) in [6, 6.07) is 0. The Hall–Kier alpha value is -1.59. The van der Waals surface area contributed by atoms with Crippen molar-refractivity contribution in [1.29, 1.82) is 0 Å². The highest BCUT2D eigenvalue weighted by Crippen LogP contribution is 2.21. The van der Waals surface area contributed by atoms with E-state index in [1.165, 1.54) is 128 Å². The van der Waals surface area contributed by atoms with Gasteiger partial charge in [-0.25, -0.2) is 0 Å². The van der Waals surface area contributed by atoms with E-state index in [0.717, 1.165) is 38.5 Å². The van der Waals surface area contributed by atoms with Gasteiger partial charge in [-0.15, -0.1) is 0 Å². The number of rotatable bonds is 35. The van der Waals surface area contributed by atoms with Crippen LogP contribution in [0, 0.1) is 5.41 Å². The van der Waals surface area contributed by atoms with Crippen molar-refractivity contribution >= 4 is 17.9 Å². The van der Waals surface area contributed by atoms with Crippen LogP contribution in [0.4, 0.5) is 0 Å². The van der Waals surface area contributed by atoms with Gasteiger partial charge in [0.1, 0.15) is 13.2 Å². The van der Waals surface area contributed by atoms with Crippen molar-refractivity contribution in [3.05, 3.63) is 0 Å². The standard InChI is InChI=1S/C42H80O6/c1-6-8-10-12-14-16-18-20-22-24-26-28-30-32-39(43)46-36-38(37-47-40(44)34-35-42(3,4)5)48-41(45)33-31-29-27-25-23-21-19-17-15-13-11-9-7-2/h38H,6-37H2,1-5H3/t38-/m1/s1. The highest BCUT2D eigenvalue weighted by Gasteiger charge is 2.20. The molecule has 0 N–H and O–H groups in total. The number of unbranched alkanes of at least 4 members (excludes halogenated alkanes) is 24. The Labute approximate surface area is 298 Å². The van der Waals surface area contributed by atoms with Crippen molar-refractivity contribution in [1.82, 2.24) is 0 Å². The Kier molecular flexibility index (Phi) is 32.8. The van der Waals surface area contributed by atoms with Gasteiger partial charge in [-0.2, -0.15) is 0 Å². The molecule has 6 heteroatoms. The molecule has 0 spiro atoms. The molecule has 0 heterocycles. The molecule has 0 bridgehead atoms. The second kappa shape index (κ2) is 33.9. The largest absolute Gasteiger partial charge is 0.462 e. The zero-order valence-electron chi connectivity index (χ0n) is 32.7. The number of carbonyl (C=O) groups is 3. The molecular weight excluding hydrogens is 600 g/mol. The van der Waals surface area contributed by atoms with E-state index in [1.54, 1.807) is 0 Å². The van der Waals surface area contributed by atoms with Gasteiger partial charge in [-0.3, -0.25) is 14.4 Å². The van der Waals surface area contributed by atoms with E-state index in [1.807, 2.05) is 0 Å². The molecule has 6 nitrogen and oxygen atoms in total. The smallest absolute Gasteiger partial charge is 0.306 e. The van der Waals surface area contributed by atoms with Crippen LogP contribution in [0.3, 0.4) is 0 Å². The van der Waals surface area contributed by atoms with E-state index >= 15 is 0 Å². The number of esters is 3. The Balaban J connectivity index is 4.21. The van der Waals surface area contributed by atoms with Crippen LogP contribution in [0.1, 0.15) is 227 Å². The maximum Gasteiger partial charge on any atom is 0.306 e. The summed E-state index contributed by atoms with van der Waals surface area (Å²) in [5, 5.41) is 0. The fourth-order valence-electron chi connectivity index (χ4n) is 5.93. The van der Waals surface area contributed by atoms with Gasteiger partial charge in [0.15, 0.2) is 6.10 Å². The number of hydrogen-bond acceptors (Lipinski definition) is 6. The second-order valence-electron chi connectivity index (χ2n) is 15.5. The van der Waals surface area contributed by atoms with Crippen LogP contribution in [0.5, 0.6) is 0 Å². The summed E-state index contributed by atoms with van der Waals surface area (Å²) in [7, 11) is 0. The molecule has 0 aliphatic carbocycles. The highest BCUT2D eigenvalue weighted by molar-refractivity contribution is 5.71. The Morgan fingerprint density at radius 3 is 1.04 bits per heavy atom. The SMILES string of the molecule is CCCCCCCCCCCCCCCC(=O)OC[C@H](COC(=O)CCC(C)(C)C)OC(=O)CCCCCCCCCCCCCCC. The molecule has 0 aliphatic heterocycles. The Bertz CT molecular complexity index is 743. The lowest BCUT2D eigenvalue weighted by molar-refractivity contribution is -0.167. The van der Waals surface area contributed by atoms with Gasteiger partial charge in [0.25, 0.3) is 0 Å². The summed E-state index contributed by atoms with van der Waals surface area (Å²) in [6.07, 6.45) is 33.5. The molecule has 0 aromatic carbocycles. The Morgan fingerprint density at radius 2 is 0.708 bits per heavy atom. The molecule has 0 aliphatic rings. The summed E-state index contributed by atoms with van der Waals surface area (Å²) in [4.78, 5) is 37.3. The molecule has 0 aromatic heterocycles. The first-order valence-electron chi connectivity index (χ1n) is 20.7. The molecule has 284 valence electrons. The highest BCUT2D eigenvalue weighted by atomic mass is 16.6. The summed E-state index contributed by atoms with van der Waals surface area (Å²) in [6.45, 7) is 10.6. The third-order valence-electron chi connectivity index (χ3n) is 9.21. The molecule has 0 radical (unpaired) electrons. The van der Waals surface area contributed by atoms with Gasteiger partial charge in [0.05, 0.1) is 0 Å². The monoisotopic (exact) mass is 681 g/mol. The summed E-state index contributed by atoms with van der Waals surface area (Å²) in [5.41, 5.74) is 0.0296. The van der Waals surface area contributed by atoms with Crippen LogP contribution < -0.4 is 0 Å². The van der Waals surface area contributed by atoms with Crippen molar-refractivity contribution in [3.8, 4) is 0 Å². The van der Waals surface area contributed by atoms with Crippen LogP contribution in [-0.2, 0) is 28.6 Å². The fourth-order valence-corrected chi connectivity index (χ4v) is 5.93. The topological polar surface area (TPSA) is 78.9 Å². The van der Waals surface area contributed by atoms with E-state index in [-0.39, 0.29) is 36.5 Å². The zero-order chi connectivity index (χ0) is 35.6. The van der Waals surface area contributed by atoms with Crippen molar-refractivity contribution in [2.24, 2.45) is 5.41 Å². The van der Waals surface area contributed by atoms with Gasteiger partial charge in [-0.1, -0.05) is 189 Å². The van der Waals surface area contributed by atoms with Gasteiger partial charge in [0, 0.05) is 19.3 Å². The minimum Gasteiger partial charge on any atom is -0.462 e. The average Bonchev–Trinajstić information content (AvgIpc) is 3.05. The van der Waals surface area contributed by atoms with Crippen LogP contribution >= 0.6 is 0 Å². The van der Waals surface area contributed by atoms with E-state index in [0.29, 0.717) is 25.7 Å². The molecule has 0 rings (SSSR count). The molecule has 0 aromatic rings. The first kappa shape index (κ1) is 46.4. The summed E-state index contributed by atoms with van der Waals surface area (Å²) < 4.78 is 16.5. The lowest BCUT2D eigenvalue weighted by atomic mass is 9.91. The van der Waals surface area contributed by atoms with Crippen LogP contribution in [0.25, 0.3) is 0 Å². The van der Waals surface area contributed by atoms with E-state index in [2.05, 4.69) is 34.6 Å². The van der Waals surface area contributed by atoms with Crippen LogP contribution in [-0.4, -0.2) is 37.2 Å². The molecule has 0 unspecified atom stereocenters. The molecule has 0 amide bonds. The molecule has 0 saturated heterocycles. The molecule has 48 heavy (non-hydrogen) atoms. The third-order valence-corrected chi connectivity index (χ3v) is 9.21. The summed E-state index contributed by atoms with van der Waals surface area (Å²) >= 11 is 0. The van der Waals surface area contributed by atoms with Crippen molar-refractivity contribution < 1.29 is 28.6 Å². The van der Waals surface area contributed by atoms with Crippen molar-refractivity contribution in [3.63, 3.8) is 0 Å². The first-order chi connectivity index (χ1) is 23.2. The molecule has 1 atom stereocenters. The van der Waals surface area contributed by atoms with E-state index in [9.17, 15) is 14.4 Å². The maximum absolute atomic E-state index is 12.6. The third kappa shape index (κ3) is 35.7. The number of carbonyl (C=O) groups excluding carboxylic acids is 3. The fraction of sp³-hybridized carbons (Fsp3) is 0.929. The Morgan fingerprint density at radius 1 is 0.417 bits per heavy atom. The van der Waals surface area contributed by atoms with Gasteiger partial charge < -0.3 is 14.2 Å². The lowest BCUT2D eigenvalue weighted by Crippen LogP contribution is -2.31. The van der Waals surface area contributed by atoms with Crippen molar-refractivity contribution in [2.45, 2.75) is 233 Å². The van der Waals surface area contributed by atoms with E-state index < -0.39 is 6.10 Å². The van der Waals surface area contributed by atoms with E-state index in [4.69, 9.17) is 14.2 Å². The molecular formula is C42H80O6. The maximum atomic E-state index is 12.6. The quantitative estimate of drug-likeness (QED) is 0.0376. The first-order valence-corrected chi connectivity index (χ1v) is 20.7. The lowest BCUT2D eigenvalue weighted by Gasteiger charge is -2.20. The zero-order valence-corrected chi connectivity index (χ0v) is 32.7. The van der Waals surface area contributed by atoms with Gasteiger partial charge in [0.2, 0.25) is 0 Å². The molecule has 0 saturated carbocycles. The normalized spacial score (nSPS) is 12.2. The number of ether oxygens (including phenoxy) is 3. The van der Waals surface area contributed by atoms with Gasteiger partial charge in [-0.05, 0) is 24.7 Å². The minimum atomic E-state index is -0.770. The van der Waals surface area contributed by atoms with Crippen LogP contribution in [0.2, 0.25) is 0 Å². The second-order valence-corrected chi connectivity index (χ2v) is 15.5. The van der Waals surface area contributed by atoms with Crippen molar-refractivity contribution in [2.75, 3.05) is 13.2 Å². The minimum absolute atomic E-state index is 0.0296. The predicted octanol–water partition coefficient (Wildman–Crippen LogP) is 12.8.